The molecule has 0 saturated heterocycles. The molecule has 0 saturated carbocycles. The van der Waals surface area contributed by atoms with E-state index in [2.05, 4.69) is 29.6 Å². The molecule has 96 valence electrons. The van der Waals surface area contributed by atoms with Crippen molar-refractivity contribution in [2.24, 2.45) is 0 Å². The van der Waals surface area contributed by atoms with Gasteiger partial charge in [-0.2, -0.15) is 0 Å². The molecule has 0 bridgehead atoms. The smallest absolute Gasteiger partial charge is 0.124 e. The Kier molecular flexibility index (Phi) is 3.13. The van der Waals surface area contributed by atoms with E-state index >= 15 is 0 Å². The molecule has 19 heavy (non-hydrogen) atoms. The fraction of sp³-hybridized carbons (Fsp3) is 0.125. The van der Waals surface area contributed by atoms with Gasteiger partial charge in [-0.05, 0) is 35.4 Å². The lowest BCUT2D eigenvalue weighted by molar-refractivity contribution is 0.306. The number of thiophene rings is 1. The van der Waals surface area contributed by atoms with Crippen LogP contribution in [0, 0.1) is 6.92 Å². The summed E-state index contributed by atoms with van der Waals surface area (Å²) in [6, 6.07) is 14.1. The molecule has 0 atom stereocenters. The predicted octanol–water partition coefficient (Wildman–Crippen LogP) is 4.37. The quantitative estimate of drug-likeness (QED) is 0.716. The molecular formula is C16H15NOS. The lowest BCUT2D eigenvalue weighted by Gasteiger charge is -2.09. The SMILES string of the molecule is Cc1ccc(N)cc1OCc1csc2ccccc12. The van der Waals surface area contributed by atoms with Gasteiger partial charge in [-0.1, -0.05) is 24.3 Å². The Morgan fingerprint density at radius 1 is 1.16 bits per heavy atom. The molecule has 2 N–H and O–H groups in total. The zero-order chi connectivity index (χ0) is 13.2. The van der Waals surface area contributed by atoms with Crippen molar-refractivity contribution in [1.82, 2.24) is 0 Å². The summed E-state index contributed by atoms with van der Waals surface area (Å²) in [6.45, 7) is 2.61. The second-order valence-corrected chi connectivity index (χ2v) is 5.48. The molecule has 0 aliphatic rings. The van der Waals surface area contributed by atoms with E-state index < -0.39 is 0 Å². The Balaban J connectivity index is 1.84. The molecular weight excluding hydrogens is 254 g/mol. The number of nitrogens with two attached hydrogens (primary N) is 1. The molecule has 1 heterocycles. The highest BCUT2D eigenvalue weighted by Crippen LogP contribution is 2.28. The van der Waals surface area contributed by atoms with E-state index in [9.17, 15) is 0 Å². The maximum atomic E-state index is 5.90. The molecule has 0 aliphatic heterocycles. The van der Waals surface area contributed by atoms with Crippen molar-refractivity contribution < 1.29 is 4.74 Å². The Labute approximate surface area is 116 Å². The van der Waals surface area contributed by atoms with Crippen molar-refractivity contribution >= 4 is 27.1 Å². The second-order valence-electron chi connectivity index (χ2n) is 4.57. The van der Waals surface area contributed by atoms with Gasteiger partial charge in [-0.25, -0.2) is 0 Å². The number of fused-ring (bicyclic) bond motifs is 1. The highest BCUT2D eigenvalue weighted by molar-refractivity contribution is 7.17. The van der Waals surface area contributed by atoms with Gasteiger partial charge >= 0.3 is 0 Å². The minimum absolute atomic E-state index is 0.578. The van der Waals surface area contributed by atoms with Gasteiger partial charge < -0.3 is 10.5 Å². The highest BCUT2D eigenvalue weighted by atomic mass is 32.1. The second kappa shape index (κ2) is 4.94. The lowest BCUT2D eigenvalue weighted by atomic mass is 10.2. The number of ether oxygens (including phenoxy) is 1. The number of benzene rings is 2. The summed E-state index contributed by atoms with van der Waals surface area (Å²) in [6.07, 6.45) is 0. The van der Waals surface area contributed by atoms with E-state index in [-0.39, 0.29) is 0 Å². The first-order valence-corrected chi connectivity index (χ1v) is 7.06. The summed E-state index contributed by atoms with van der Waals surface area (Å²) in [5.41, 5.74) is 8.85. The van der Waals surface area contributed by atoms with Crippen LogP contribution >= 0.6 is 11.3 Å². The Morgan fingerprint density at radius 2 is 2.00 bits per heavy atom. The van der Waals surface area contributed by atoms with Crippen LogP contribution < -0.4 is 10.5 Å². The van der Waals surface area contributed by atoms with Gasteiger partial charge in [0.2, 0.25) is 0 Å². The summed E-state index contributed by atoms with van der Waals surface area (Å²) in [4.78, 5) is 0. The highest BCUT2D eigenvalue weighted by Gasteiger charge is 2.05. The molecule has 2 aromatic carbocycles. The van der Waals surface area contributed by atoms with Crippen LogP contribution in [0.3, 0.4) is 0 Å². The fourth-order valence-corrected chi connectivity index (χ4v) is 3.02. The summed E-state index contributed by atoms with van der Waals surface area (Å²) in [7, 11) is 0. The Bertz CT molecular complexity index is 718. The molecule has 1 aromatic heterocycles. The van der Waals surface area contributed by atoms with Crippen LogP contribution in [0.4, 0.5) is 5.69 Å². The monoisotopic (exact) mass is 269 g/mol. The van der Waals surface area contributed by atoms with Gasteiger partial charge in [0, 0.05) is 22.0 Å². The Hall–Kier alpha value is -2.00. The van der Waals surface area contributed by atoms with Gasteiger partial charge in [-0.3, -0.25) is 0 Å². The topological polar surface area (TPSA) is 35.2 Å². The molecule has 0 fully saturated rings. The van der Waals surface area contributed by atoms with E-state index in [0.29, 0.717) is 6.61 Å². The lowest BCUT2D eigenvalue weighted by Crippen LogP contribution is -1.97. The molecule has 3 aromatic rings. The first kappa shape index (κ1) is 12.1. The largest absolute Gasteiger partial charge is 0.489 e. The standard InChI is InChI=1S/C16H15NOS/c1-11-6-7-13(17)8-15(11)18-9-12-10-19-16-5-3-2-4-14(12)16/h2-8,10H,9,17H2,1H3. The van der Waals surface area contributed by atoms with E-state index in [4.69, 9.17) is 10.5 Å². The third kappa shape index (κ3) is 2.42. The molecule has 0 radical (unpaired) electrons. The third-order valence-corrected chi connectivity index (χ3v) is 4.17. The predicted molar refractivity (Wildman–Crippen MR) is 81.7 cm³/mol. The van der Waals surface area contributed by atoms with E-state index in [1.165, 1.54) is 15.6 Å². The van der Waals surface area contributed by atoms with Gasteiger partial charge in [0.05, 0.1) is 0 Å². The summed E-state index contributed by atoms with van der Waals surface area (Å²) in [5, 5.41) is 3.43. The number of nitrogen functional groups attached to an aromatic ring is 1. The molecule has 0 amide bonds. The first-order valence-electron chi connectivity index (χ1n) is 6.18. The first-order chi connectivity index (χ1) is 9.24. The van der Waals surface area contributed by atoms with Gasteiger partial charge in [0.1, 0.15) is 12.4 Å². The molecule has 3 heteroatoms. The van der Waals surface area contributed by atoms with Crippen molar-refractivity contribution in [2.75, 3.05) is 5.73 Å². The van der Waals surface area contributed by atoms with Crippen LogP contribution in [0.1, 0.15) is 11.1 Å². The van der Waals surface area contributed by atoms with E-state index in [1.807, 2.05) is 25.1 Å². The van der Waals surface area contributed by atoms with Gasteiger partial charge in [0.25, 0.3) is 0 Å². The van der Waals surface area contributed by atoms with Crippen LogP contribution in [0.5, 0.6) is 5.75 Å². The van der Waals surface area contributed by atoms with Crippen molar-refractivity contribution in [1.29, 1.82) is 0 Å². The summed E-state index contributed by atoms with van der Waals surface area (Å²) in [5.74, 6) is 0.857. The van der Waals surface area contributed by atoms with E-state index in [1.54, 1.807) is 11.3 Å². The number of hydrogen-bond donors (Lipinski definition) is 1. The maximum absolute atomic E-state index is 5.90. The zero-order valence-corrected chi connectivity index (χ0v) is 11.5. The molecule has 0 spiro atoms. The van der Waals surface area contributed by atoms with Crippen molar-refractivity contribution in [3.8, 4) is 5.75 Å². The zero-order valence-electron chi connectivity index (χ0n) is 10.7. The van der Waals surface area contributed by atoms with Gasteiger partial charge in [-0.15, -0.1) is 11.3 Å². The number of hydrogen-bond acceptors (Lipinski definition) is 3. The minimum Gasteiger partial charge on any atom is -0.489 e. The molecule has 0 unspecified atom stereocenters. The molecule has 2 nitrogen and oxygen atoms in total. The van der Waals surface area contributed by atoms with Crippen LogP contribution in [-0.4, -0.2) is 0 Å². The molecule has 0 aliphatic carbocycles. The third-order valence-electron chi connectivity index (χ3n) is 3.16. The minimum atomic E-state index is 0.578. The molecule has 3 rings (SSSR count). The van der Waals surface area contributed by atoms with Crippen LogP contribution in [0.2, 0.25) is 0 Å². The average molecular weight is 269 g/mol. The van der Waals surface area contributed by atoms with Crippen molar-refractivity contribution in [3.05, 3.63) is 59.0 Å². The van der Waals surface area contributed by atoms with Crippen LogP contribution in [0.25, 0.3) is 10.1 Å². The van der Waals surface area contributed by atoms with Crippen LogP contribution in [-0.2, 0) is 6.61 Å². The Morgan fingerprint density at radius 3 is 2.89 bits per heavy atom. The van der Waals surface area contributed by atoms with Gasteiger partial charge in [0.15, 0.2) is 0 Å². The summed E-state index contributed by atoms with van der Waals surface area (Å²) >= 11 is 1.75. The average Bonchev–Trinajstić information content (AvgIpc) is 2.83. The number of rotatable bonds is 3. The maximum Gasteiger partial charge on any atom is 0.124 e. The summed E-state index contributed by atoms with van der Waals surface area (Å²) < 4.78 is 7.19. The van der Waals surface area contributed by atoms with Crippen molar-refractivity contribution in [2.45, 2.75) is 13.5 Å². The van der Waals surface area contributed by atoms with Crippen LogP contribution in [0.15, 0.2) is 47.8 Å². The number of anilines is 1. The van der Waals surface area contributed by atoms with Crippen molar-refractivity contribution in [3.63, 3.8) is 0 Å². The van der Waals surface area contributed by atoms with E-state index in [0.717, 1.165) is 17.0 Å². The normalized spacial score (nSPS) is 10.8. The fourth-order valence-electron chi connectivity index (χ4n) is 2.07. The number of aryl methyl sites for hydroxylation is 1.